The van der Waals surface area contributed by atoms with Crippen molar-refractivity contribution in [2.45, 2.75) is 6.54 Å². The number of anilines is 2. The van der Waals surface area contributed by atoms with E-state index >= 15 is 0 Å². The molecule has 150 valence electrons. The molecule has 0 radical (unpaired) electrons. The summed E-state index contributed by atoms with van der Waals surface area (Å²) in [6.45, 7) is 4.41. The lowest BCUT2D eigenvalue weighted by atomic mass is 10.2. The average Bonchev–Trinajstić information content (AvgIpc) is 3.18. The lowest BCUT2D eigenvalue weighted by molar-refractivity contribution is 0.102. The van der Waals surface area contributed by atoms with Crippen molar-refractivity contribution < 1.29 is 9.18 Å². The highest BCUT2D eigenvalue weighted by Gasteiger charge is 2.19. The van der Waals surface area contributed by atoms with E-state index in [9.17, 15) is 9.18 Å². The molecule has 1 aliphatic rings. The third kappa shape index (κ3) is 4.98. The second kappa shape index (κ2) is 8.98. The molecule has 9 heteroatoms. The maximum absolute atomic E-state index is 13.6. The number of nitrogens with zero attached hydrogens (tertiary/aromatic N) is 4. The molecule has 0 atom stereocenters. The molecular weight excluding hydrogens is 457 g/mol. The fourth-order valence-electron chi connectivity index (χ4n) is 3.15. The molecule has 1 saturated heterocycles. The number of carbonyl (C=O) groups is 1. The molecule has 1 fully saturated rings. The number of carbonyl (C=O) groups excluding carboxylic acids is 1. The number of benzene rings is 1. The lowest BCUT2D eigenvalue weighted by Crippen LogP contribution is -2.46. The Labute approximate surface area is 180 Å². The predicted octanol–water partition coefficient (Wildman–Crippen LogP) is 4.01. The monoisotopic (exact) mass is 475 g/mol. The van der Waals surface area contributed by atoms with E-state index in [4.69, 9.17) is 0 Å². The molecule has 4 rings (SSSR count). The van der Waals surface area contributed by atoms with Crippen LogP contribution in [-0.2, 0) is 6.54 Å². The van der Waals surface area contributed by atoms with E-state index in [2.05, 4.69) is 41.0 Å². The zero-order valence-corrected chi connectivity index (χ0v) is 17.9. The van der Waals surface area contributed by atoms with Crippen molar-refractivity contribution in [1.82, 2.24) is 14.9 Å². The zero-order chi connectivity index (χ0) is 20.2. The van der Waals surface area contributed by atoms with Crippen LogP contribution >= 0.6 is 27.3 Å². The van der Waals surface area contributed by atoms with Gasteiger partial charge >= 0.3 is 0 Å². The summed E-state index contributed by atoms with van der Waals surface area (Å²) < 4.78 is 14.0. The highest BCUT2D eigenvalue weighted by molar-refractivity contribution is 9.10. The Morgan fingerprint density at radius 2 is 2.03 bits per heavy atom. The summed E-state index contributed by atoms with van der Waals surface area (Å²) >= 11 is 4.46. The van der Waals surface area contributed by atoms with Gasteiger partial charge in [0, 0.05) is 49.9 Å². The Morgan fingerprint density at radius 3 is 2.76 bits per heavy atom. The van der Waals surface area contributed by atoms with Crippen LogP contribution in [0.4, 0.5) is 15.3 Å². The van der Waals surface area contributed by atoms with Crippen LogP contribution in [0.3, 0.4) is 0 Å². The molecule has 6 nitrogen and oxygen atoms in total. The van der Waals surface area contributed by atoms with Gasteiger partial charge in [0.25, 0.3) is 5.91 Å². The fraction of sp³-hybridized carbons (Fsp3) is 0.250. The molecule has 0 aliphatic carbocycles. The van der Waals surface area contributed by atoms with Crippen LogP contribution in [0.2, 0.25) is 0 Å². The van der Waals surface area contributed by atoms with Crippen LogP contribution in [0.1, 0.15) is 16.1 Å². The number of rotatable bonds is 5. The molecule has 29 heavy (non-hydrogen) atoms. The van der Waals surface area contributed by atoms with E-state index in [0.29, 0.717) is 9.60 Å². The van der Waals surface area contributed by atoms with Gasteiger partial charge in [-0.1, -0.05) is 6.07 Å². The summed E-state index contributed by atoms with van der Waals surface area (Å²) in [6, 6.07) is 10.2. The lowest BCUT2D eigenvalue weighted by Gasteiger charge is -2.35. The predicted molar refractivity (Wildman–Crippen MR) is 116 cm³/mol. The summed E-state index contributed by atoms with van der Waals surface area (Å²) in [5.41, 5.74) is 1.17. The first kappa shape index (κ1) is 19.9. The zero-order valence-electron chi connectivity index (χ0n) is 15.5. The first-order valence-electron chi connectivity index (χ1n) is 9.17. The third-order valence-electron chi connectivity index (χ3n) is 4.69. The van der Waals surface area contributed by atoms with E-state index in [1.165, 1.54) is 23.5 Å². The van der Waals surface area contributed by atoms with Crippen molar-refractivity contribution in [3.05, 3.63) is 69.5 Å². The molecule has 3 aromatic rings. The summed E-state index contributed by atoms with van der Waals surface area (Å²) in [6.07, 6.45) is 1.81. The number of nitrogens with one attached hydrogen (secondary N) is 1. The highest BCUT2D eigenvalue weighted by Crippen LogP contribution is 2.21. The van der Waals surface area contributed by atoms with Gasteiger partial charge in [0.05, 0.1) is 10.2 Å². The van der Waals surface area contributed by atoms with Gasteiger partial charge in [0.2, 0.25) is 0 Å². The highest BCUT2D eigenvalue weighted by atomic mass is 79.9. The molecule has 1 aliphatic heterocycles. The first-order chi connectivity index (χ1) is 14.1. The Morgan fingerprint density at radius 1 is 1.21 bits per heavy atom. The minimum Gasteiger partial charge on any atom is -0.354 e. The molecule has 1 N–H and O–H groups in total. The van der Waals surface area contributed by atoms with Crippen LogP contribution in [0.15, 0.2) is 52.4 Å². The minimum absolute atomic E-state index is 0.257. The molecule has 1 amide bonds. The smallest absolute Gasteiger partial charge is 0.257 e. The molecule has 1 aromatic carbocycles. The second-order valence-electron chi connectivity index (χ2n) is 6.68. The van der Waals surface area contributed by atoms with Gasteiger partial charge in [-0.3, -0.25) is 15.0 Å². The molecule has 0 bridgehead atoms. The number of aromatic nitrogens is 2. The average molecular weight is 476 g/mol. The number of hydrogen-bond donors (Lipinski definition) is 1. The SMILES string of the molecule is O=C(Nc1nc(CN2CCN(c3ccccn3)CC2)cs1)c1ccc(Br)c(F)c1. The van der Waals surface area contributed by atoms with Crippen molar-refractivity contribution >= 4 is 44.1 Å². The van der Waals surface area contributed by atoms with Crippen molar-refractivity contribution in [3.63, 3.8) is 0 Å². The normalized spacial score (nSPS) is 14.8. The molecule has 0 unspecified atom stereocenters. The Hall–Kier alpha value is -2.36. The fourth-order valence-corrected chi connectivity index (χ4v) is 4.09. The van der Waals surface area contributed by atoms with Gasteiger partial charge in [0.15, 0.2) is 5.13 Å². The number of thiazole rings is 1. The van der Waals surface area contributed by atoms with Gasteiger partial charge in [-0.2, -0.15) is 0 Å². The summed E-state index contributed by atoms with van der Waals surface area (Å²) in [5, 5.41) is 5.20. The summed E-state index contributed by atoms with van der Waals surface area (Å²) in [5.74, 6) is 0.166. The van der Waals surface area contributed by atoms with Crippen molar-refractivity contribution in [3.8, 4) is 0 Å². The van der Waals surface area contributed by atoms with E-state index in [0.717, 1.165) is 44.2 Å². The standard InChI is InChI=1S/C20H19BrFN5OS/c21-16-5-4-14(11-17(16)22)19(28)25-20-24-15(13-29-20)12-26-7-9-27(10-8-26)18-3-1-2-6-23-18/h1-6,11,13H,7-10,12H2,(H,24,25,28). The maximum Gasteiger partial charge on any atom is 0.257 e. The largest absolute Gasteiger partial charge is 0.354 e. The summed E-state index contributed by atoms with van der Waals surface area (Å²) in [4.78, 5) is 25.8. The Balaban J connectivity index is 1.30. The molecule has 2 aromatic heterocycles. The summed E-state index contributed by atoms with van der Waals surface area (Å²) in [7, 11) is 0. The van der Waals surface area contributed by atoms with Crippen molar-refractivity contribution in [2.75, 3.05) is 36.4 Å². The number of pyridine rings is 1. The van der Waals surface area contributed by atoms with Crippen LogP contribution in [0.25, 0.3) is 0 Å². The number of piperazine rings is 1. The Bertz CT molecular complexity index is 992. The first-order valence-corrected chi connectivity index (χ1v) is 10.8. The number of halogens is 2. The molecule has 3 heterocycles. The van der Waals surface area contributed by atoms with E-state index < -0.39 is 5.82 Å². The van der Waals surface area contributed by atoms with Crippen LogP contribution in [-0.4, -0.2) is 47.0 Å². The van der Waals surface area contributed by atoms with Crippen molar-refractivity contribution in [1.29, 1.82) is 0 Å². The van der Waals surface area contributed by atoms with E-state index in [-0.39, 0.29) is 11.5 Å². The molecule has 0 spiro atoms. The van der Waals surface area contributed by atoms with E-state index in [1.807, 2.05) is 29.8 Å². The number of hydrogen-bond acceptors (Lipinski definition) is 6. The topological polar surface area (TPSA) is 61.4 Å². The van der Waals surface area contributed by atoms with Gasteiger partial charge in [0.1, 0.15) is 11.6 Å². The maximum atomic E-state index is 13.6. The van der Waals surface area contributed by atoms with Crippen molar-refractivity contribution in [2.24, 2.45) is 0 Å². The minimum atomic E-state index is -0.470. The Kier molecular flexibility index (Phi) is 6.17. The van der Waals surface area contributed by atoms with E-state index in [1.54, 1.807) is 6.07 Å². The quantitative estimate of drug-likeness (QED) is 0.603. The van der Waals surface area contributed by atoms with Crippen LogP contribution < -0.4 is 10.2 Å². The number of amides is 1. The van der Waals surface area contributed by atoms with Gasteiger partial charge in [-0.05, 0) is 46.3 Å². The second-order valence-corrected chi connectivity index (χ2v) is 8.39. The van der Waals surface area contributed by atoms with Crippen LogP contribution in [0, 0.1) is 5.82 Å². The van der Waals surface area contributed by atoms with Crippen LogP contribution in [0.5, 0.6) is 0 Å². The van der Waals surface area contributed by atoms with Gasteiger partial charge in [-0.15, -0.1) is 11.3 Å². The molecule has 0 saturated carbocycles. The van der Waals surface area contributed by atoms with Gasteiger partial charge < -0.3 is 4.90 Å². The molecular formula is C20H19BrFN5OS. The van der Waals surface area contributed by atoms with Gasteiger partial charge in [-0.25, -0.2) is 14.4 Å². The third-order valence-corrected chi connectivity index (χ3v) is 6.13.